The summed E-state index contributed by atoms with van der Waals surface area (Å²) in [6, 6.07) is 5.84. The molecule has 2 N–H and O–H groups in total. The topological polar surface area (TPSA) is 59.4 Å². The summed E-state index contributed by atoms with van der Waals surface area (Å²) in [5.74, 6) is 0.276. The smallest absolute Gasteiger partial charge is 0.323 e. The molecule has 1 saturated heterocycles. The molecular weight excluding hydrogens is 240 g/mol. The highest BCUT2D eigenvalue weighted by Crippen LogP contribution is 2.32. The lowest BCUT2D eigenvalue weighted by Crippen LogP contribution is -2.29. The summed E-state index contributed by atoms with van der Waals surface area (Å²) in [7, 11) is 2.09. The van der Waals surface area contributed by atoms with Crippen molar-refractivity contribution in [1.29, 1.82) is 5.41 Å². The number of benzene rings is 1. The van der Waals surface area contributed by atoms with Crippen LogP contribution in [0.25, 0.3) is 0 Å². The number of amidine groups is 1. The van der Waals surface area contributed by atoms with E-state index in [1.165, 1.54) is 11.3 Å². The zero-order valence-electron chi connectivity index (χ0n) is 11.2. The Morgan fingerprint density at radius 3 is 3.00 bits per heavy atom. The monoisotopic (exact) mass is 258 g/mol. The van der Waals surface area contributed by atoms with Crippen LogP contribution in [0.4, 0.5) is 10.5 Å². The van der Waals surface area contributed by atoms with E-state index < -0.39 is 0 Å². The number of carbonyl (C=O) groups excluding carboxylic acids is 1. The van der Waals surface area contributed by atoms with Gasteiger partial charge in [0.15, 0.2) is 0 Å². The lowest BCUT2D eigenvalue weighted by atomic mass is 10.0. The molecule has 2 aliphatic rings. The molecule has 0 saturated carbocycles. The van der Waals surface area contributed by atoms with Crippen molar-refractivity contribution in [2.24, 2.45) is 0 Å². The average Bonchev–Trinajstić information content (AvgIpc) is 2.89. The zero-order chi connectivity index (χ0) is 13.6. The van der Waals surface area contributed by atoms with Crippen LogP contribution in [-0.2, 0) is 6.42 Å². The van der Waals surface area contributed by atoms with Gasteiger partial charge in [-0.15, -0.1) is 0 Å². The molecule has 0 aliphatic carbocycles. The summed E-state index contributed by atoms with van der Waals surface area (Å²) in [4.78, 5) is 15.7. The summed E-state index contributed by atoms with van der Waals surface area (Å²) in [6.07, 6.45) is 1.03. The second-order valence-corrected chi connectivity index (χ2v) is 5.09. The number of hydrogen-bond acceptors (Lipinski definition) is 3. The van der Waals surface area contributed by atoms with Gasteiger partial charge in [0.2, 0.25) is 0 Å². The molecule has 1 atom stereocenters. The maximum absolute atomic E-state index is 11.8. The van der Waals surface area contributed by atoms with Gasteiger partial charge >= 0.3 is 6.03 Å². The SMILES string of the molecule is CCN1C(=O)NC(=N)C1c1ccc2c(c1)CCN2C. The van der Waals surface area contributed by atoms with Crippen LogP contribution >= 0.6 is 0 Å². The molecule has 1 unspecified atom stereocenters. The number of nitrogens with one attached hydrogen (secondary N) is 2. The molecule has 1 aromatic rings. The number of likely N-dealkylation sites (N-methyl/N-ethyl adjacent to an activating group) is 2. The number of hydrogen-bond donors (Lipinski definition) is 2. The van der Waals surface area contributed by atoms with Crippen molar-refractivity contribution >= 4 is 17.6 Å². The van der Waals surface area contributed by atoms with Crippen molar-refractivity contribution in [3.8, 4) is 0 Å². The van der Waals surface area contributed by atoms with Gasteiger partial charge in [-0.3, -0.25) is 10.7 Å². The summed E-state index contributed by atoms with van der Waals surface area (Å²) in [5, 5.41) is 10.6. The van der Waals surface area contributed by atoms with Gasteiger partial charge in [0, 0.05) is 25.8 Å². The van der Waals surface area contributed by atoms with Crippen molar-refractivity contribution in [2.45, 2.75) is 19.4 Å². The Morgan fingerprint density at radius 1 is 1.47 bits per heavy atom. The largest absolute Gasteiger partial charge is 0.374 e. The Morgan fingerprint density at radius 2 is 2.26 bits per heavy atom. The summed E-state index contributed by atoms with van der Waals surface area (Å²) in [5.41, 5.74) is 3.60. The van der Waals surface area contributed by atoms with Gasteiger partial charge in [-0.05, 0) is 30.5 Å². The van der Waals surface area contributed by atoms with Crippen LogP contribution in [0, 0.1) is 5.41 Å². The predicted molar refractivity (Wildman–Crippen MR) is 74.8 cm³/mol. The van der Waals surface area contributed by atoms with E-state index in [0.717, 1.165) is 18.5 Å². The Balaban J connectivity index is 1.98. The second-order valence-electron chi connectivity index (χ2n) is 5.09. The first-order valence-corrected chi connectivity index (χ1v) is 6.62. The van der Waals surface area contributed by atoms with Crippen molar-refractivity contribution in [2.75, 3.05) is 25.0 Å². The molecule has 0 spiro atoms. The number of fused-ring (bicyclic) bond motifs is 1. The standard InChI is InChI=1S/C14H18N4O/c1-3-18-12(13(15)16-14(18)19)10-4-5-11-9(8-10)6-7-17(11)2/h4-5,8,12H,3,6-7H2,1-2H3,(H2,15,16,19). The summed E-state index contributed by atoms with van der Waals surface area (Å²) in [6.45, 7) is 3.58. The van der Waals surface area contributed by atoms with Crippen molar-refractivity contribution < 1.29 is 4.79 Å². The van der Waals surface area contributed by atoms with Gasteiger partial charge in [-0.25, -0.2) is 4.79 Å². The fraction of sp³-hybridized carbons (Fsp3) is 0.429. The van der Waals surface area contributed by atoms with Crippen LogP contribution in [0.3, 0.4) is 0 Å². The first-order chi connectivity index (χ1) is 9.11. The van der Waals surface area contributed by atoms with Crippen LogP contribution < -0.4 is 10.2 Å². The molecule has 0 bridgehead atoms. The quantitative estimate of drug-likeness (QED) is 0.849. The maximum Gasteiger partial charge on any atom is 0.323 e. The van der Waals surface area contributed by atoms with E-state index in [-0.39, 0.29) is 17.9 Å². The molecule has 1 aromatic carbocycles. The molecule has 2 heterocycles. The highest BCUT2D eigenvalue weighted by Gasteiger charge is 2.36. The van der Waals surface area contributed by atoms with Crippen LogP contribution in [0.15, 0.2) is 18.2 Å². The molecule has 0 aromatic heterocycles. The third kappa shape index (κ3) is 1.77. The van der Waals surface area contributed by atoms with E-state index >= 15 is 0 Å². The average molecular weight is 258 g/mol. The fourth-order valence-electron chi connectivity index (χ4n) is 2.96. The molecular formula is C14H18N4O. The van der Waals surface area contributed by atoms with Crippen LogP contribution in [0.2, 0.25) is 0 Å². The minimum Gasteiger partial charge on any atom is -0.374 e. The summed E-state index contributed by atoms with van der Waals surface area (Å²) >= 11 is 0. The minimum absolute atomic E-state index is 0.171. The van der Waals surface area contributed by atoms with Crippen molar-refractivity contribution in [3.05, 3.63) is 29.3 Å². The Labute approximate surface area is 112 Å². The van der Waals surface area contributed by atoms with E-state index in [4.69, 9.17) is 5.41 Å². The number of nitrogens with zero attached hydrogens (tertiary/aromatic N) is 2. The normalized spacial score (nSPS) is 21.9. The number of urea groups is 1. The number of amides is 2. The lowest BCUT2D eigenvalue weighted by molar-refractivity contribution is 0.209. The molecule has 100 valence electrons. The third-order valence-electron chi connectivity index (χ3n) is 3.98. The van der Waals surface area contributed by atoms with Gasteiger partial charge in [-0.1, -0.05) is 12.1 Å². The van der Waals surface area contributed by atoms with E-state index in [2.05, 4.69) is 29.4 Å². The molecule has 2 aliphatic heterocycles. The van der Waals surface area contributed by atoms with Crippen LogP contribution in [0.5, 0.6) is 0 Å². The van der Waals surface area contributed by atoms with E-state index in [1.807, 2.05) is 13.0 Å². The van der Waals surface area contributed by atoms with Gasteiger partial charge in [0.1, 0.15) is 11.9 Å². The van der Waals surface area contributed by atoms with Crippen molar-refractivity contribution in [1.82, 2.24) is 10.2 Å². The third-order valence-corrected chi connectivity index (χ3v) is 3.98. The first kappa shape index (κ1) is 12.0. The molecule has 19 heavy (non-hydrogen) atoms. The van der Waals surface area contributed by atoms with Crippen LogP contribution in [-0.4, -0.2) is 36.9 Å². The van der Waals surface area contributed by atoms with Gasteiger partial charge in [-0.2, -0.15) is 0 Å². The second kappa shape index (κ2) is 4.26. The Kier molecular flexibility index (Phi) is 2.69. The molecule has 1 fully saturated rings. The number of anilines is 1. The molecule has 5 heteroatoms. The van der Waals surface area contributed by atoms with E-state index in [9.17, 15) is 4.79 Å². The van der Waals surface area contributed by atoms with Gasteiger partial charge < -0.3 is 9.80 Å². The van der Waals surface area contributed by atoms with E-state index in [0.29, 0.717) is 6.54 Å². The highest BCUT2D eigenvalue weighted by molar-refractivity contribution is 6.06. The lowest BCUT2D eigenvalue weighted by Gasteiger charge is -2.22. The molecule has 5 nitrogen and oxygen atoms in total. The van der Waals surface area contributed by atoms with Gasteiger partial charge in [0.25, 0.3) is 0 Å². The molecule has 2 amide bonds. The maximum atomic E-state index is 11.8. The molecule has 0 radical (unpaired) electrons. The Bertz CT molecular complexity index is 554. The van der Waals surface area contributed by atoms with Crippen LogP contribution in [0.1, 0.15) is 24.1 Å². The number of carbonyl (C=O) groups is 1. The predicted octanol–water partition coefficient (Wildman–Crippen LogP) is 1.74. The first-order valence-electron chi connectivity index (χ1n) is 6.62. The highest BCUT2D eigenvalue weighted by atomic mass is 16.2. The fourth-order valence-corrected chi connectivity index (χ4v) is 2.96. The molecule has 3 rings (SSSR count). The van der Waals surface area contributed by atoms with Crippen molar-refractivity contribution in [3.63, 3.8) is 0 Å². The minimum atomic E-state index is -0.256. The zero-order valence-corrected chi connectivity index (χ0v) is 11.2. The number of rotatable bonds is 2. The van der Waals surface area contributed by atoms with E-state index in [1.54, 1.807) is 4.90 Å². The summed E-state index contributed by atoms with van der Waals surface area (Å²) < 4.78 is 0. The Hall–Kier alpha value is -2.04. The van der Waals surface area contributed by atoms with Gasteiger partial charge in [0.05, 0.1) is 0 Å².